The SMILES string of the molecule is Cc1cc(C#N)cc([Si](C)(C)C)c1. The molecule has 0 unspecified atom stereocenters. The fraction of sp³-hybridized carbons (Fsp3) is 0.364. The maximum Gasteiger partial charge on any atom is 0.0991 e. The lowest BCUT2D eigenvalue weighted by Crippen LogP contribution is -2.37. The first-order valence-electron chi connectivity index (χ1n) is 4.46. The number of rotatable bonds is 1. The van der Waals surface area contributed by atoms with Crippen molar-refractivity contribution in [2.75, 3.05) is 0 Å². The molecule has 0 aliphatic rings. The summed E-state index contributed by atoms with van der Waals surface area (Å²) in [7, 11) is -1.26. The van der Waals surface area contributed by atoms with Crippen molar-refractivity contribution in [1.29, 1.82) is 5.26 Å². The fourth-order valence-corrected chi connectivity index (χ4v) is 2.53. The lowest BCUT2D eigenvalue weighted by Gasteiger charge is -2.17. The summed E-state index contributed by atoms with van der Waals surface area (Å²) < 4.78 is 0. The van der Waals surface area contributed by atoms with Gasteiger partial charge in [0.2, 0.25) is 0 Å². The molecule has 0 saturated heterocycles. The maximum atomic E-state index is 8.82. The number of aryl methyl sites for hydroxylation is 1. The van der Waals surface area contributed by atoms with Gasteiger partial charge in [-0.2, -0.15) is 5.26 Å². The van der Waals surface area contributed by atoms with E-state index < -0.39 is 8.07 Å². The normalized spacial score (nSPS) is 11.0. The quantitative estimate of drug-likeness (QED) is 0.622. The average Bonchev–Trinajstić information content (AvgIpc) is 2.01. The van der Waals surface area contributed by atoms with Gasteiger partial charge in [-0.3, -0.25) is 0 Å². The van der Waals surface area contributed by atoms with E-state index in [9.17, 15) is 0 Å². The molecule has 0 aromatic heterocycles. The monoisotopic (exact) mass is 189 g/mol. The first kappa shape index (κ1) is 10.0. The van der Waals surface area contributed by atoms with Gasteiger partial charge in [-0.05, 0) is 24.6 Å². The van der Waals surface area contributed by atoms with Gasteiger partial charge in [0.15, 0.2) is 0 Å². The summed E-state index contributed by atoms with van der Waals surface area (Å²) in [6.45, 7) is 8.93. The molecule has 0 bridgehead atoms. The van der Waals surface area contributed by atoms with Crippen LogP contribution in [-0.2, 0) is 0 Å². The van der Waals surface area contributed by atoms with Crippen LogP contribution in [0.2, 0.25) is 19.6 Å². The zero-order valence-electron chi connectivity index (χ0n) is 8.68. The van der Waals surface area contributed by atoms with Crippen LogP contribution in [-0.4, -0.2) is 8.07 Å². The van der Waals surface area contributed by atoms with Crippen molar-refractivity contribution in [3.8, 4) is 6.07 Å². The number of hydrogen-bond acceptors (Lipinski definition) is 1. The molecule has 2 heteroatoms. The first-order chi connectivity index (χ1) is 5.93. The van der Waals surface area contributed by atoms with Crippen LogP contribution >= 0.6 is 0 Å². The van der Waals surface area contributed by atoms with Crippen LogP contribution in [0.3, 0.4) is 0 Å². The highest BCUT2D eigenvalue weighted by Gasteiger charge is 2.16. The minimum absolute atomic E-state index is 0.789. The Bertz CT molecular complexity index is 355. The van der Waals surface area contributed by atoms with E-state index in [4.69, 9.17) is 5.26 Å². The minimum Gasteiger partial charge on any atom is -0.192 e. The van der Waals surface area contributed by atoms with Gasteiger partial charge in [0, 0.05) is 0 Å². The van der Waals surface area contributed by atoms with Crippen LogP contribution in [0, 0.1) is 18.3 Å². The Balaban J connectivity index is 3.26. The van der Waals surface area contributed by atoms with Crippen LogP contribution < -0.4 is 5.19 Å². The summed E-state index contributed by atoms with van der Waals surface area (Å²) in [6, 6.07) is 8.37. The third-order valence-electron chi connectivity index (χ3n) is 2.07. The maximum absolute atomic E-state index is 8.82. The van der Waals surface area contributed by atoms with Crippen molar-refractivity contribution in [1.82, 2.24) is 0 Å². The molecule has 68 valence electrons. The smallest absolute Gasteiger partial charge is 0.0991 e. The summed E-state index contributed by atoms with van der Waals surface area (Å²) >= 11 is 0. The third-order valence-corrected chi connectivity index (χ3v) is 4.09. The van der Waals surface area contributed by atoms with Gasteiger partial charge in [0.1, 0.15) is 0 Å². The zero-order valence-corrected chi connectivity index (χ0v) is 9.68. The predicted octanol–water partition coefficient (Wildman–Crippen LogP) is 2.41. The molecule has 0 N–H and O–H groups in total. The molecule has 0 spiro atoms. The van der Waals surface area contributed by atoms with E-state index in [1.807, 2.05) is 19.1 Å². The summed E-state index contributed by atoms with van der Waals surface area (Å²) in [5, 5.41) is 10.2. The van der Waals surface area contributed by atoms with Crippen molar-refractivity contribution in [2.45, 2.75) is 26.6 Å². The van der Waals surface area contributed by atoms with Crippen LogP contribution in [0.25, 0.3) is 0 Å². The molecule has 0 amide bonds. The van der Waals surface area contributed by atoms with E-state index in [2.05, 4.69) is 31.8 Å². The largest absolute Gasteiger partial charge is 0.192 e. The molecule has 0 radical (unpaired) electrons. The van der Waals surface area contributed by atoms with Crippen LogP contribution in [0.5, 0.6) is 0 Å². The average molecular weight is 189 g/mol. The van der Waals surface area contributed by atoms with E-state index in [1.165, 1.54) is 10.8 Å². The summed E-state index contributed by atoms with van der Waals surface area (Å²) in [4.78, 5) is 0. The van der Waals surface area contributed by atoms with Crippen LogP contribution in [0.1, 0.15) is 11.1 Å². The Hall–Kier alpha value is -1.07. The number of nitriles is 1. The van der Waals surface area contributed by atoms with Gasteiger partial charge in [0.05, 0.1) is 19.7 Å². The zero-order chi connectivity index (χ0) is 10.1. The Morgan fingerprint density at radius 3 is 2.23 bits per heavy atom. The van der Waals surface area contributed by atoms with E-state index >= 15 is 0 Å². The van der Waals surface area contributed by atoms with E-state index in [-0.39, 0.29) is 0 Å². The van der Waals surface area contributed by atoms with Crippen LogP contribution in [0.15, 0.2) is 18.2 Å². The van der Waals surface area contributed by atoms with Gasteiger partial charge >= 0.3 is 0 Å². The van der Waals surface area contributed by atoms with E-state index in [1.54, 1.807) is 0 Å². The topological polar surface area (TPSA) is 23.8 Å². The van der Waals surface area contributed by atoms with Gasteiger partial charge in [-0.1, -0.05) is 30.9 Å². The summed E-state index contributed by atoms with van der Waals surface area (Å²) in [5.41, 5.74) is 1.98. The molecule has 1 nitrogen and oxygen atoms in total. The van der Waals surface area contributed by atoms with Crippen LogP contribution in [0.4, 0.5) is 0 Å². The highest BCUT2D eigenvalue weighted by Crippen LogP contribution is 2.07. The molecule has 1 rings (SSSR count). The number of hydrogen-bond donors (Lipinski definition) is 0. The van der Waals surface area contributed by atoms with E-state index in [0.29, 0.717) is 0 Å². The van der Waals surface area contributed by atoms with Gasteiger partial charge in [0.25, 0.3) is 0 Å². The van der Waals surface area contributed by atoms with Gasteiger partial charge in [-0.15, -0.1) is 0 Å². The van der Waals surface area contributed by atoms with Crippen molar-refractivity contribution in [2.24, 2.45) is 0 Å². The third kappa shape index (κ3) is 2.43. The minimum atomic E-state index is -1.26. The highest BCUT2D eigenvalue weighted by atomic mass is 28.3. The second-order valence-electron chi connectivity index (χ2n) is 4.45. The standard InChI is InChI=1S/C11H15NSi/c1-9-5-10(8-12)7-11(6-9)13(2,3)4/h5-7H,1-4H3. The Labute approximate surface area is 81.0 Å². The Kier molecular flexibility index (Phi) is 2.58. The molecule has 0 aliphatic carbocycles. The fourth-order valence-electron chi connectivity index (χ4n) is 1.28. The molecule has 0 atom stereocenters. The summed E-state index contributed by atoms with van der Waals surface area (Å²) in [6.07, 6.45) is 0. The first-order valence-corrected chi connectivity index (χ1v) is 7.96. The van der Waals surface area contributed by atoms with E-state index in [0.717, 1.165) is 5.56 Å². The molecule has 13 heavy (non-hydrogen) atoms. The van der Waals surface area contributed by atoms with Gasteiger partial charge < -0.3 is 0 Å². The number of benzene rings is 1. The van der Waals surface area contributed by atoms with Crippen molar-refractivity contribution in [3.05, 3.63) is 29.3 Å². The van der Waals surface area contributed by atoms with Crippen molar-refractivity contribution in [3.63, 3.8) is 0 Å². The van der Waals surface area contributed by atoms with Crippen molar-refractivity contribution >= 4 is 13.3 Å². The molecular formula is C11H15NSi. The molecular weight excluding hydrogens is 174 g/mol. The molecule has 1 aromatic rings. The lowest BCUT2D eigenvalue weighted by molar-refractivity contribution is 1.43. The molecule has 0 fully saturated rings. The molecule has 0 saturated carbocycles. The van der Waals surface area contributed by atoms with Gasteiger partial charge in [-0.25, -0.2) is 0 Å². The molecule has 0 aliphatic heterocycles. The second-order valence-corrected chi connectivity index (χ2v) is 9.53. The number of nitrogens with zero attached hydrogens (tertiary/aromatic N) is 1. The lowest BCUT2D eigenvalue weighted by atomic mass is 10.2. The Morgan fingerprint density at radius 1 is 1.15 bits per heavy atom. The molecule has 0 heterocycles. The highest BCUT2D eigenvalue weighted by molar-refractivity contribution is 6.88. The molecule has 1 aromatic carbocycles. The van der Waals surface area contributed by atoms with Crippen molar-refractivity contribution < 1.29 is 0 Å². The second kappa shape index (κ2) is 3.35. The Morgan fingerprint density at radius 2 is 1.77 bits per heavy atom. The summed E-state index contributed by atoms with van der Waals surface area (Å²) in [5.74, 6) is 0. The predicted molar refractivity (Wildman–Crippen MR) is 58.9 cm³/mol.